The van der Waals surface area contributed by atoms with E-state index in [0.717, 1.165) is 27.9 Å². The summed E-state index contributed by atoms with van der Waals surface area (Å²) in [7, 11) is -0.0447. The van der Waals surface area contributed by atoms with Crippen LogP contribution in [0.5, 0.6) is 0 Å². The van der Waals surface area contributed by atoms with Gasteiger partial charge in [0.2, 0.25) is 5.91 Å². The van der Waals surface area contributed by atoms with Crippen molar-refractivity contribution in [1.29, 1.82) is 0 Å². The van der Waals surface area contributed by atoms with Gasteiger partial charge in [0.15, 0.2) is 8.32 Å². The summed E-state index contributed by atoms with van der Waals surface area (Å²) in [6.45, 7) is 11.7. The molecule has 0 heterocycles. The molecular formula is C30H38N2O4Si. The molecule has 3 aromatic rings. The fourth-order valence-corrected chi connectivity index (χ4v) is 4.65. The number of nitrogens with zero attached hydrogens (tertiary/aromatic N) is 1. The molecular weight excluding hydrogens is 480 g/mol. The SMILES string of the molecule is CN(C(=O)CCc1ccc(-c2ccccc2)c(NC(=O)O)c1)c1ccc(CO[Si](C)(C)C(C)(C)C)cc1. The Balaban J connectivity index is 1.63. The number of anilines is 2. The third-order valence-electron chi connectivity index (χ3n) is 7.14. The number of amides is 2. The minimum Gasteiger partial charge on any atom is -0.465 e. The highest BCUT2D eigenvalue weighted by atomic mass is 28.4. The van der Waals surface area contributed by atoms with Gasteiger partial charge in [0.05, 0.1) is 12.3 Å². The molecule has 3 aromatic carbocycles. The predicted octanol–water partition coefficient (Wildman–Crippen LogP) is 7.56. The molecule has 0 aliphatic heterocycles. The molecule has 0 atom stereocenters. The van der Waals surface area contributed by atoms with Crippen molar-refractivity contribution >= 4 is 31.7 Å². The normalized spacial score (nSPS) is 11.7. The topological polar surface area (TPSA) is 78.9 Å². The van der Waals surface area contributed by atoms with Crippen molar-refractivity contribution in [2.24, 2.45) is 0 Å². The van der Waals surface area contributed by atoms with Gasteiger partial charge in [-0.2, -0.15) is 0 Å². The maximum atomic E-state index is 12.9. The molecule has 196 valence electrons. The van der Waals surface area contributed by atoms with Gasteiger partial charge in [0.1, 0.15) is 0 Å². The fourth-order valence-electron chi connectivity index (χ4n) is 3.69. The Hall–Kier alpha value is -3.42. The van der Waals surface area contributed by atoms with Crippen LogP contribution in [0.15, 0.2) is 72.8 Å². The molecule has 2 N–H and O–H groups in total. The largest absolute Gasteiger partial charge is 0.465 e. The number of aryl methyl sites for hydroxylation is 1. The molecule has 0 radical (unpaired) electrons. The lowest BCUT2D eigenvalue weighted by Gasteiger charge is -2.36. The van der Waals surface area contributed by atoms with Gasteiger partial charge in [0, 0.05) is 24.7 Å². The lowest BCUT2D eigenvalue weighted by Crippen LogP contribution is -2.40. The smallest absolute Gasteiger partial charge is 0.409 e. The van der Waals surface area contributed by atoms with Crippen molar-refractivity contribution in [3.63, 3.8) is 0 Å². The highest BCUT2D eigenvalue weighted by molar-refractivity contribution is 6.74. The molecule has 0 saturated heterocycles. The summed E-state index contributed by atoms with van der Waals surface area (Å²) in [6, 6.07) is 23.2. The van der Waals surface area contributed by atoms with Crippen molar-refractivity contribution in [2.75, 3.05) is 17.3 Å². The first-order chi connectivity index (χ1) is 17.4. The molecule has 0 unspecified atom stereocenters. The Morgan fingerprint density at radius 1 is 0.946 bits per heavy atom. The quantitative estimate of drug-likeness (QED) is 0.287. The van der Waals surface area contributed by atoms with Crippen LogP contribution in [0.4, 0.5) is 16.2 Å². The van der Waals surface area contributed by atoms with Gasteiger partial charge in [0.25, 0.3) is 0 Å². The molecule has 7 heteroatoms. The zero-order valence-electron chi connectivity index (χ0n) is 22.7. The summed E-state index contributed by atoms with van der Waals surface area (Å²) in [5.74, 6) is -0.00912. The van der Waals surface area contributed by atoms with Crippen LogP contribution < -0.4 is 10.2 Å². The van der Waals surface area contributed by atoms with Crippen molar-refractivity contribution in [3.05, 3.63) is 83.9 Å². The standard InChI is InChI=1S/C30H38N2O4Si/c1-30(2,3)37(5,6)36-21-23-12-16-25(17-13-23)32(4)28(33)19-15-22-14-18-26(24-10-8-7-9-11-24)27(20-22)31-29(34)35/h7-14,16-18,20,31H,15,19,21H2,1-6H3,(H,34,35). The van der Waals surface area contributed by atoms with Crippen LogP contribution in [0.1, 0.15) is 38.3 Å². The Morgan fingerprint density at radius 3 is 2.16 bits per heavy atom. The second kappa shape index (κ2) is 11.8. The van der Waals surface area contributed by atoms with Crippen LogP contribution in [0.25, 0.3) is 11.1 Å². The second-order valence-corrected chi connectivity index (χ2v) is 15.7. The Kier molecular flexibility index (Phi) is 8.94. The van der Waals surface area contributed by atoms with E-state index in [-0.39, 0.29) is 10.9 Å². The van der Waals surface area contributed by atoms with Crippen LogP contribution in [0, 0.1) is 0 Å². The number of benzene rings is 3. The summed E-state index contributed by atoms with van der Waals surface area (Å²) >= 11 is 0. The van der Waals surface area contributed by atoms with Gasteiger partial charge in [-0.15, -0.1) is 0 Å². The number of hydrogen-bond acceptors (Lipinski definition) is 3. The highest BCUT2D eigenvalue weighted by Crippen LogP contribution is 2.37. The van der Waals surface area contributed by atoms with E-state index in [1.807, 2.05) is 66.7 Å². The Labute approximate surface area is 221 Å². The minimum atomic E-state index is -1.82. The zero-order valence-corrected chi connectivity index (χ0v) is 23.7. The molecule has 0 fully saturated rings. The molecule has 37 heavy (non-hydrogen) atoms. The molecule has 3 rings (SSSR count). The third kappa shape index (κ3) is 7.54. The van der Waals surface area contributed by atoms with Gasteiger partial charge in [-0.05, 0) is 59.4 Å². The molecule has 2 amide bonds. The summed E-state index contributed by atoms with van der Waals surface area (Å²) in [5.41, 5.74) is 5.04. The first kappa shape index (κ1) is 28.2. The second-order valence-electron chi connectivity index (χ2n) is 10.8. The lowest BCUT2D eigenvalue weighted by atomic mass is 9.99. The number of carboxylic acid groups (broad SMARTS) is 1. The summed E-state index contributed by atoms with van der Waals surface area (Å²) < 4.78 is 6.30. The van der Waals surface area contributed by atoms with E-state index in [9.17, 15) is 14.7 Å². The monoisotopic (exact) mass is 518 g/mol. The number of carbonyl (C=O) groups excluding carboxylic acids is 1. The highest BCUT2D eigenvalue weighted by Gasteiger charge is 2.37. The molecule has 0 aliphatic rings. The third-order valence-corrected chi connectivity index (χ3v) is 11.6. The van der Waals surface area contributed by atoms with Gasteiger partial charge < -0.3 is 14.4 Å². The van der Waals surface area contributed by atoms with Crippen LogP contribution in [-0.4, -0.2) is 32.5 Å². The molecule has 0 aromatic heterocycles. The lowest BCUT2D eigenvalue weighted by molar-refractivity contribution is -0.118. The Morgan fingerprint density at radius 2 is 1.57 bits per heavy atom. The number of rotatable bonds is 9. The zero-order chi connectivity index (χ0) is 27.2. The van der Waals surface area contributed by atoms with Gasteiger partial charge >= 0.3 is 6.09 Å². The summed E-state index contributed by atoms with van der Waals surface area (Å²) in [4.78, 5) is 25.9. The van der Waals surface area contributed by atoms with E-state index in [2.05, 4.69) is 39.2 Å². The van der Waals surface area contributed by atoms with E-state index in [4.69, 9.17) is 4.43 Å². The van der Waals surface area contributed by atoms with E-state index >= 15 is 0 Å². The average Bonchev–Trinajstić information content (AvgIpc) is 2.85. The Bertz CT molecular complexity index is 1220. The molecule has 0 aliphatic carbocycles. The number of nitrogens with one attached hydrogen (secondary N) is 1. The van der Waals surface area contributed by atoms with Crippen molar-refractivity contribution in [1.82, 2.24) is 0 Å². The van der Waals surface area contributed by atoms with Crippen molar-refractivity contribution in [2.45, 2.75) is 58.4 Å². The maximum Gasteiger partial charge on any atom is 0.409 e. The van der Waals surface area contributed by atoms with E-state index in [1.54, 1.807) is 18.0 Å². The molecule has 0 spiro atoms. The average molecular weight is 519 g/mol. The van der Waals surface area contributed by atoms with Crippen LogP contribution in [0.2, 0.25) is 18.1 Å². The van der Waals surface area contributed by atoms with Gasteiger partial charge in [-0.3, -0.25) is 10.1 Å². The van der Waals surface area contributed by atoms with Crippen LogP contribution >= 0.6 is 0 Å². The predicted molar refractivity (Wildman–Crippen MR) is 154 cm³/mol. The first-order valence-corrected chi connectivity index (χ1v) is 15.5. The molecule has 0 saturated carbocycles. The van der Waals surface area contributed by atoms with E-state index in [1.165, 1.54) is 0 Å². The molecule has 6 nitrogen and oxygen atoms in total. The maximum absolute atomic E-state index is 12.9. The molecule has 0 bridgehead atoms. The first-order valence-electron chi connectivity index (χ1n) is 12.5. The van der Waals surface area contributed by atoms with E-state index in [0.29, 0.717) is 25.1 Å². The van der Waals surface area contributed by atoms with Gasteiger partial charge in [-0.25, -0.2) is 4.79 Å². The van der Waals surface area contributed by atoms with Crippen LogP contribution in [-0.2, 0) is 22.2 Å². The summed E-state index contributed by atoms with van der Waals surface area (Å²) in [5, 5.41) is 12.0. The fraction of sp³-hybridized carbons (Fsp3) is 0.333. The van der Waals surface area contributed by atoms with Crippen molar-refractivity contribution < 1.29 is 19.1 Å². The number of carbonyl (C=O) groups is 2. The van der Waals surface area contributed by atoms with E-state index < -0.39 is 14.4 Å². The van der Waals surface area contributed by atoms with Crippen LogP contribution in [0.3, 0.4) is 0 Å². The number of hydrogen-bond donors (Lipinski definition) is 2. The van der Waals surface area contributed by atoms with Gasteiger partial charge in [-0.1, -0.05) is 75.4 Å². The summed E-state index contributed by atoms with van der Waals surface area (Å²) in [6.07, 6.45) is -0.308. The van der Waals surface area contributed by atoms with Crippen molar-refractivity contribution in [3.8, 4) is 11.1 Å². The minimum absolute atomic E-state index is 0.00912.